The summed E-state index contributed by atoms with van der Waals surface area (Å²) in [6.45, 7) is 4.57. The van der Waals surface area contributed by atoms with Crippen LogP contribution in [0.2, 0.25) is 0 Å². The first-order valence-electron chi connectivity index (χ1n) is 7.97. The highest BCUT2D eigenvalue weighted by molar-refractivity contribution is 7.86. The third kappa shape index (κ3) is 2.75. The van der Waals surface area contributed by atoms with Crippen LogP contribution < -0.4 is 0 Å². The third-order valence-electron chi connectivity index (χ3n) is 4.92. The van der Waals surface area contributed by atoms with Gasteiger partial charge in [0, 0.05) is 19.6 Å². The zero-order valence-corrected chi connectivity index (χ0v) is 13.1. The highest BCUT2D eigenvalue weighted by Gasteiger charge is 2.43. The smallest absolute Gasteiger partial charge is 0.282 e. The van der Waals surface area contributed by atoms with Crippen LogP contribution >= 0.6 is 0 Å². The molecule has 0 amide bonds. The minimum atomic E-state index is -3.30. The fourth-order valence-corrected chi connectivity index (χ4v) is 5.84. The molecule has 3 rings (SSSR count). The van der Waals surface area contributed by atoms with Crippen molar-refractivity contribution < 1.29 is 13.2 Å². The quantitative estimate of drug-likeness (QED) is 0.778. The van der Waals surface area contributed by atoms with Gasteiger partial charge in [0.25, 0.3) is 10.2 Å². The molecule has 3 fully saturated rings. The molecule has 2 heterocycles. The van der Waals surface area contributed by atoms with Crippen LogP contribution in [-0.4, -0.2) is 55.4 Å². The number of piperidine rings is 1. The van der Waals surface area contributed by atoms with Gasteiger partial charge < -0.3 is 4.74 Å². The standard InChI is InChI=1S/C14H26N2O3S/c1-12-5-4-8-15(11-12)20(17,18)16-9-10-19-14-7-3-2-6-13(14)16/h12-14H,2-11H2,1H3/t12-,13-,14+/m1/s1. The number of fused-ring (bicyclic) bond motifs is 1. The van der Waals surface area contributed by atoms with E-state index in [1.54, 1.807) is 8.61 Å². The third-order valence-corrected chi connectivity index (χ3v) is 6.95. The number of hydrogen-bond acceptors (Lipinski definition) is 3. The van der Waals surface area contributed by atoms with Gasteiger partial charge in [-0.3, -0.25) is 0 Å². The Balaban J connectivity index is 1.78. The van der Waals surface area contributed by atoms with Crippen molar-refractivity contribution in [2.75, 3.05) is 26.2 Å². The van der Waals surface area contributed by atoms with E-state index in [0.717, 1.165) is 38.5 Å². The lowest BCUT2D eigenvalue weighted by molar-refractivity contribution is -0.0605. The molecule has 0 aromatic carbocycles. The van der Waals surface area contributed by atoms with E-state index >= 15 is 0 Å². The number of nitrogens with zero attached hydrogens (tertiary/aromatic N) is 2. The highest BCUT2D eigenvalue weighted by Crippen LogP contribution is 2.32. The topological polar surface area (TPSA) is 49.9 Å². The molecule has 0 unspecified atom stereocenters. The van der Waals surface area contributed by atoms with Crippen molar-refractivity contribution in [3.05, 3.63) is 0 Å². The minimum Gasteiger partial charge on any atom is -0.375 e. The van der Waals surface area contributed by atoms with Gasteiger partial charge in [-0.2, -0.15) is 17.0 Å². The average Bonchev–Trinajstić information content (AvgIpc) is 2.46. The second-order valence-electron chi connectivity index (χ2n) is 6.48. The summed E-state index contributed by atoms with van der Waals surface area (Å²) in [6.07, 6.45) is 6.48. The van der Waals surface area contributed by atoms with Crippen LogP contribution in [0.3, 0.4) is 0 Å². The molecule has 3 atom stereocenters. The molecule has 1 aliphatic carbocycles. The van der Waals surface area contributed by atoms with E-state index in [0.29, 0.717) is 32.2 Å². The molecule has 0 spiro atoms. The van der Waals surface area contributed by atoms with Crippen LogP contribution in [-0.2, 0) is 14.9 Å². The summed E-state index contributed by atoms with van der Waals surface area (Å²) >= 11 is 0. The van der Waals surface area contributed by atoms with Crippen LogP contribution in [0.5, 0.6) is 0 Å². The Morgan fingerprint density at radius 1 is 1.05 bits per heavy atom. The molecule has 3 aliphatic rings. The summed E-state index contributed by atoms with van der Waals surface area (Å²) < 4.78 is 35.1. The first-order chi connectivity index (χ1) is 9.59. The molecule has 5 nitrogen and oxygen atoms in total. The Morgan fingerprint density at radius 3 is 2.65 bits per heavy atom. The fourth-order valence-electron chi connectivity index (χ4n) is 3.85. The molecule has 1 saturated carbocycles. The number of rotatable bonds is 2. The van der Waals surface area contributed by atoms with Gasteiger partial charge in [0.1, 0.15) is 0 Å². The predicted molar refractivity (Wildman–Crippen MR) is 77.6 cm³/mol. The summed E-state index contributed by atoms with van der Waals surface area (Å²) in [5.41, 5.74) is 0. The van der Waals surface area contributed by atoms with Crippen LogP contribution in [0.25, 0.3) is 0 Å². The van der Waals surface area contributed by atoms with E-state index in [-0.39, 0.29) is 12.1 Å². The predicted octanol–water partition coefficient (Wildman–Crippen LogP) is 1.61. The van der Waals surface area contributed by atoms with E-state index in [1.807, 2.05) is 0 Å². The normalized spacial score (nSPS) is 37.5. The second kappa shape index (κ2) is 5.91. The Labute approximate surface area is 122 Å². The lowest BCUT2D eigenvalue weighted by Gasteiger charge is -2.45. The van der Waals surface area contributed by atoms with Crippen molar-refractivity contribution >= 4 is 10.2 Å². The van der Waals surface area contributed by atoms with Crippen LogP contribution in [0, 0.1) is 5.92 Å². The number of hydrogen-bond donors (Lipinski definition) is 0. The van der Waals surface area contributed by atoms with Crippen LogP contribution in [0.1, 0.15) is 45.4 Å². The van der Waals surface area contributed by atoms with E-state index in [4.69, 9.17) is 4.74 Å². The van der Waals surface area contributed by atoms with Gasteiger partial charge in [-0.1, -0.05) is 19.8 Å². The van der Waals surface area contributed by atoms with Crippen molar-refractivity contribution in [1.82, 2.24) is 8.61 Å². The summed E-state index contributed by atoms with van der Waals surface area (Å²) in [5, 5.41) is 0. The zero-order valence-electron chi connectivity index (χ0n) is 12.3. The Hall–Kier alpha value is -0.170. The van der Waals surface area contributed by atoms with Crippen molar-refractivity contribution in [2.24, 2.45) is 5.92 Å². The molecule has 0 N–H and O–H groups in total. The van der Waals surface area contributed by atoms with Crippen LogP contribution in [0.4, 0.5) is 0 Å². The van der Waals surface area contributed by atoms with Crippen molar-refractivity contribution in [2.45, 2.75) is 57.6 Å². The lowest BCUT2D eigenvalue weighted by atomic mass is 9.91. The van der Waals surface area contributed by atoms with E-state index in [2.05, 4.69) is 6.92 Å². The summed E-state index contributed by atoms with van der Waals surface area (Å²) in [4.78, 5) is 0. The van der Waals surface area contributed by atoms with Crippen molar-refractivity contribution in [3.63, 3.8) is 0 Å². The monoisotopic (exact) mass is 302 g/mol. The molecule has 0 bridgehead atoms. The minimum absolute atomic E-state index is 0.0692. The van der Waals surface area contributed by atoms with Gasteiger partial charge in [0.05, 0.1) is 18.8 Å². The van der Waals surface area contributed by atoms with Gasteiger partial charge in [-0.15, -0.1) is 0 Å². The van der Waals surface area contributed by atoms with Crippen LogP contribution in [0.15, 0.2) is 0 Å². The maximum atomic E-state index is 12.9. The maximum absolute atomic E-state index is 12.9. The zero-order chi connectivity index (χ0) is 14.2. The molecule has 20 heavy (non-hydrogen) atoms. The fraction of sp³-hybridized carbons (Fsp3) is 1.00. The maximum Gasteiger partial charge on any atom is 0.282 e. The molecule has 6 heteroatoms. The van der Waals surface area contributed by atoms with Gasteiger partial charge >= 0.3 is 0 Å². The van der Waals surface area contributed by atoms with Gasteiger partial charge in [0.2, 0.25) is 0 Å². The Bertz CT molecular complexity index is 438. The van der Waals surface area contributed by atoms with Crippen molar-refractivity contribution in [3.8, 4) is 0 Å². The summed E-state index contributed by atoms with van der Waals surface area (Å²) in [6, 6.07) is 0.0692. The van der Waals surface area contributed by atoms with E-state index < -0.39 is 10.2 Å². The molecule has 2 aliphatic heterocycles. The van der Waals surface area contributed by atoms with E-state index in [1.165, 1.54) is 0 Å². The SMILES string of the molecule is C[C@@H]1CCCN(S(=O)(=O)N2CCO[C@H]3CCCC[C@H]32)C1. The highest BCUT2D eigenvalue weighted by atomic mass is 32.2. The van der Waals surface area contributed by atoms with E-state index in [9.17, 15) is 8.42 Å². The summed E-state index contributed by atoms with van der Waals surface area (Å²) in [5.74, 6) is 0.474. The molecule has 0 aromatic rings. The molecule has 0 radical (unpaired) electrons. The van der Waals surface area contributed by atoms with Gasteiger partial charge in [-0.25, -0.2) is 0 Å². The Morgan fingerprint density at radius 2 is 1.85 bits per heavy atom. The molecule has 2 saturated heterocycles. The Kier molecular flexibility index (Phi) is 4.36. The average molecular weight is 302 g/mol. The summed E-state index contributed by atoms with van der Waals surface area (Å²) in [7, 11) is -3.30. The first kappa shape index (κ1) is 14.8. The molecule has 116 valence electrons. The molecular weight excluding hydrogens is 276 g/mol. The number of ether oxygens (including phenoxy) is 1. The molecule has 0 aromatic heterocycles. The van der Waals surface area contributed by atoms with Crippen molar-refractivity contribution in [1.29, 1.82) is 0 Å². The van der Waals surface area contributed by atoms with Gasteiger partial charge in [0.15, 0.2) is 0 Å². The lowest BCUT2D eigenvalue weighted by Crippen LogP contribution is -2.59. The number of morpholine rings is 1. The largest absolute Gasteiger partial charge is 0.375 e. The first-order valence-corrected chi connectivity index (χ1v) is 9.37. The molecular formula is C14H26N2O3S. The second-order valence-corrected chi connectivity index (χ2v) is 8.37. The van der Waals surface area contributed by atoms with Gasteiger partial charge in [-0.05, 0) is 31.6 Å².